The standard InChI is InChI=1S/C14H21ClN2O2/c1-5-19-8-12(9(2)3)17-14(18)11-6-10(4)16-13(15)7-11/h6-7,9,12H,5,8H2,1-4H3,(H,17,18). The highest BCUT2D eigenvalue weighted by atomic mass is 35.5. The summed E-state index contributed by atoms with van der Waals surface area (Å²) in [4.78, 5) is 16.2. The lowest BCUT2D eigenvalue weighted by Crippen LogP contribution is -2.42. The molecule has 1 N–H and O–H groups in total. The van der Waals surface area contributed by atoms with Crippen molar-refractivity contribution in [2.75, 3.05) is 13.2 Å². The van der Waals surface area contributed by atoms with E-state index in [1.54, 1.807) is 12.1 Å². The highest BCUT2D eigenvalue weighted by molar-refractivity contribution is 6.29. The maximum atomic E-state index is 12.2. The molecule has 1 aromatic rings. The summed E-state index contributed by atoms with van der Waals surface area (Å²) in [5.74, 6) is 0.153. The summed E-state index contributed by atoms with van der Waals surface area (Å²) in [6.07, 6.45) is 0. The van der Waals surface area contributed by atoms with Crippen LogP contribution >= 0.6 is 11.6 Å². The van der Waals surface area contributed by atoms with Crippen LogP contribution in [-0.2, 0) is 4.74 Å². The molecule has 0 aromatic carbocycles. The number of rotatable bonds is 6. The Morgan fingerprint density at radius 2 is 2.16 bits per heavy atom. The number of aromatic nitrogens is 1. The van der Waals surface area contributed by atoms with Crippen LogP contribution in [0.5, 0.6) is 0 Å². The van der Waals surface area contributed by atoms with Crippen molar-refractivity contribution in [3.8, 4) is 0 Å². The number of nitrogens with zero attached hydrogens (tertiary/aromatic N) is 1. The van der Waals surface area contributed by atoms with Gasteiger partial charge in [-0.25, -0.2) is 4.98 Å². The van der Waals surface area contributed by atoms with E-state index in [1.165, 1.54) is 0 Å². The maximum Gasteiger partial charge on any atom is 0.251 e. The largest absolute Gasteiger partial charge is 0.380 e. The monoisotopic (exact) mass is 284 g/mol. The molecule has 1 aromatic heterocycles. The average molecular weight is 285 g/mol. The minimum absolute atomic E-state index is 0.0142. The summed E-state index contributed by atoms with van der Waals surface area (Å²) in [5.41, 5.74) is 1.25. The number of halogens is 1. The molecule has 0 bridgehead atoms. The van der Waals surface area contributed by atoms with Crippen LogP contribution in [0.25, 0.3) is 0 Å². The van der Waals surface area contributed by atoms with Gasteiger partial charge in [-0.2, -0.15) is 0 Å². The van der Waals surface area contributed by atoms with Crippen LogP contribution in [0.3, 0.4) is 0 Å². The third-order valence-corrected chi connectivity index (χ3v) is 3.00. The number of carbonyl (C=O) groups excluding carboxylic acids is 1. The Morgan fingerprint density at radius 1 is 1.47 bits per heavy atom. The molecule has 1 unspecified atom stereocenters. The molecule has 0 spiro atoms. The number of aryl methyl sites for hydroxylation is 1. The molecule has 0 saturated carbocycles. The van der Waals surface area contributed by atoms with Gasteiger partial charge in [0, 0.05) is 17.9 Å². The molecule has 1 rings (SSSR count). The number of carbonyl (C=O) groups is 1. The van der Waals surface area contributed by atoms with Crippen LogP contribution in [0.4, 0.5) is 0 Å². The average Bonchev–Trinajstić information content (AvgIpc) is 2.32. The molecule has 0 radical (unpaired) electrons. The topological polar surface area (TPSA) is 51.2 Å². The number of hydrogen-bond donors (Lipinski definition) is 1. The summed E-state index contributed by atoms with van der Waals surface area (Å²) in [5, 5.41) is 3.30. The van der Waals surface area contributed by atoms with E-state index >= 15 is 0 Å². The van der Waals surface area contributed by atoms with E-state index in [0.717, 1.165) is 5.69 Å². The Labute approximate surface area is 119 Å². The molecule has 1 atom stereocenters. The van der Waals surface area contributed by atoms with Gasteiger partial charge in [-0.15, -0.1) is 0 Å². The maximum absolute atomic E-state index is 12.2. The molecule has 0 aliphatic carbocycles. The highest BCUT2D eigenvalue weighted by Gasteiger charge is 2.17. The second-order valence-electron chi connectivity index (χ2n) is 4.80. The number of ether oxygens (including phenoxy) is 1. The Bertz CT molecular complexity index is 415. The van der Waals surface area contributed by atoms with Crippen molar-refractivity contribution in [3.05, 3.63) is 28.5 Å². The minimum Gasteiger partial charge on any atom is -0.380 e. The van der Waals surface area contributed by atoms with Gasteiger partial charge in [-0.1, -0.05) is 25.4 Å². The van der Waals surface area contributed by atoms with E-state index in [2.05, 4.69) is 24.1 Å². The SMILES string of the molecule is CCOCC(NC(=O)c1cc(C)nc(Cl)c1)C(C)C. The van der Waals surface area contributed by atoms with E-state index in [1.807, 2.05) is 13.8 Å². The van der Waals surface area contributed by atoms with Crippen molar-refractivity contribution in [3.63, 3.8) is 0 Å². The quantitative estimate of drug-likeness (QED) is 0.817. The fraction of sp³-hybridized carbons (Fsp3) is 0.571. The second-order valence-corrected chi connectivity index (χ2v) is 5.19. The van der Waals surface area contributed by atoms with Gasteiger partial charge in [0.1, 0.15) is 5.15 Å². The minimum atomic E-state index is -0.147. The van der Waals surface area contributed by atoms with Gasteiger partial charge >= 0.3 is 0 Å². The molecular formula is C14H21ClN2O2. The number of amides is 1. The van der Waals surface area contributed by atoms with Crippen LogP contribution in [0.1, 0.15) is 36.8 Å². The third kappa shape index (κ3) is 5.17. The Morgan fingerprint density at radius 3 is 2.68 bits per heavy atom. The van der Waals surface area contributed by atoms with E-state index in [9.17, 15) is 4.79 Å². The van der Waals surface area contributed by atoms with Crippen molar-refractivity contribution in [2.45, 2.75) is 33.7 Å². The second kappa shape index (κ2) is 7.46. The van der Waals surface area contributed by atoms with Gasteiger partial charge in [0.2, 0.25) is 0 Å². The summed E-state index contributed by atoms with van der Waals surface area (Å²) < 4.78 is 5.39. The molecule has 0 fully saturated rings. The first-order valence-electron chi connectivity index (χ1n) is 6.46. The first-order valence-corrected chi connectivity index (χ1v) is 6.84. The van der Waals surface area contributed by atoms with E-state index in [4.69, 9.17) is 16.3 Å². The van der Waals surface area contributed by atoms with Gasteiger partial charge in [-0.05, 0) is 31.9 Å². The molecule has 0 saturated heterocycles. The Balaban J connectivity index is 2.75. The number of hydrogen-bond acceptors (Lipinski definition) is 3. The molecular weight excluding hydrogens is 264 g/mol. The smallest absolute Gasteiger partial charge is 0.251 e. The van der Waals surface area contributed by atoms with Gasteiger partial charge in [-0.3, -0.25) is 4.79 Å². The van der Waals surface area contributed by atoms with Crippen molar-refractivity contribution in [1.29, 1.82) is 0 Å². The van der Waals surface area contributed by atoms with Crippen LogP contribution in [-0.4, -0.2) is 30.1 Å². The fourth-order valence-corrected chi connectivity index (χ4v) is 1.91. The van der Waals surface area contributed by atoms with E-state index in [-0.39, 0.29) is 11.9 Å². The van der Waals surface area contributed by atoms with Crippen molar-refractivity contribution >= 4 is 17.5 Å². The number of pyridine rings is 1. The number of nitrogens with one attached hydrogen (secondary N) is 1. The van der Waals surface area contributed by atoms with Crippen LogP contribution in [0.2, 0.25) is 5.15 Å². The van der Waals surface area contributed by atoms with Gasteiger partial charge in [0.15, 0.2) is 0 Å². The molecule has 0 aliphatic heterocycles. The fourth-order valence-electron chi connectivity index (χ4n) is 1.66. The lowest BCUT2D eigenvalue weighted by atomic mass is 10.0. The first kappa shape index (κ1) is 15.9. The summed E-state index contributed by atoms with van der Waals surface area (Å²) in [6, 6.07) is 3.28. The first-order chi connectivity index (χ1) is 8.93. The van der Waals surface area contributed by atoms with Crippen molar-refractivity contribution in [2.24, 2.45) is 5.92 Å². The molecule has 0 aliphatic rings. The van der Waals surface area contributed by atoms with E-state index < -0.39 is 0 Å². The summed E-state index contributed by atoms with van der Waals surface area (Å²) in [6.45, 7) is 8.99. The third-order valence-electron chi connectivity index (χ3n) is 2.81. The van der Waals surface area contributed by atoms with Gasteiger partial charge in [0.05, 0.1) is 12.6 Å². The normalized spacial score (nSPS) is 12.5. The van der Waals surface area contributed by atoms with Gasteiger partial charge in [0.25, 0.3) is 5.91 Å². The molecule has 5 heteroatoms. The zero-order valence-electron chi connectivity index (χ0n) is 11.9. The van der Waals surface area contributed by atoms with Crippen molar-refractivity contribution in [1.82, 2.24) is 10.3 Å². The van der Waals surface area contributed by atoms with Crippen molar-refractivity contribution < 1.29 is 9.53 Å². The molecule has 19 heavy (non-hydrogen) atoms. The van der Waals surface area contributed by atoms with Crippen LogP contribution in [0.15, 0.2) is 12.1 Å². The molecule has 1 heterocycles. The lowest BCUT2D eigenvalue weighted by Gasteiger charge is -2.22. The lowest BCUT2D eigenvalue weighted by molar-refractivity contribution is 0.0806. The Kier molecular flexibility index (Phi) is 6.25. The Hall–Kier alpha value is -1.13. The molecule has 1 amide bonds. The molecule has 106 valence electrons. The van der Waals surface area contributed by atoms with Gasteiger partial charge < -0.3 is 10.1 Å². The summed E-state index contributed by atoms with van der Waals surface area (Å²) >= 11 is 5.86. The van der Waals surface area contributed by atoms with Crippen LogP contribution in [0, 0.1) is 12.8 Å². The predicted octanol–water partition coefficient (Wildman–Crippen LogP) is 2.83. The summed E-state index contributed by atoms with van der Waals surface area (Å²) in [7, 11) is 0. The van der Waals surface area contributed by atoms with E-state index in [0.29, 0.717) is 29.8 Å². The highest BCUT2D eigenvalue weighted by Crippen LogP contribution is 2.11. The predicted molar refractivity (Wildman–Crippen MR) is 76.6 cm³/mol. The zero-order valence-corrected chi connectivity index (χ0v) is 12.6. The molecule has 4 nitrogen and oxygen atoms in total. The van der Waals surface area contributed by atoms with Crippen LogP contribution < -0.4 is 5.32 Å². The zero-order chi connectivity index (χ0) is 14.4.